The van der Waals surface area contributed by atoms with Crippen LogP contribution in [0, 0.1) is 0 Å². The molecule has 7 heteroatoms. The largest absolute Gasteiger partial charge is 0.486 e. The van der Waals surface area contributed by atoms with Crippen molar-refractivity contribution in [3.8, 4) is 11.5 Å². The molecular formula is C15H19NO5S. The lowest BCUT2D eigenvalue weighted by Gasteiger charge is -2.32. The van der Waals surface area contributed by atoms with Gasteiger partial charge in [-0.1, -0.05) is 6.07 Å². The fraction of sp³-hybridized carbons (Fsp3) is 0.533. The Balaban J connectivity index is 1.85. The van der Waals surface area contributed by atoms with E-state index in [9.17, 15) is 13.2 Å². The van der Waals surface area contributed by atoms with Crippen LogP contribution in [0.1, 0.15) is 23.2 Å². The molecule has 1 atom stereocenters. The fourth-order valence-electron chi connectivity index (χ4n) is 2.88. The lowest BCUT2D eigenvalue weighted by Crippen LogP contribution is -2.45. The number of piperidine rings is 1. The summed E-state index contributed by atoms with van der Waals surface area (Å²) in [5.74, 6) is 0.824. The van der Waals surface area contributed by atoms with Crippen LogP contribution in [0.3, 0.4) is 0 Å². The summed E-state index contributed by atoms with van der Waals surface area (Å²) < 4.78 is 34.5. The summed E-state index contributed by atoms with van der Waals surface area (Å²) in [4.78, 5) is 14.3. The van der Waals surface area contributed by atoms with Gasteiger partial charge >= 0.3 is 0 Å². The summed E-state index contributed by atoms with van der Waals surface area (Å²) in [5.41, 5.74) is 0.436. The van der Waals surface area contributed by atoms with Crippen LogP contribution in [-0.2, 0) is 9.84 Å². The third-order valence-electron chi connectivity index (χ3n) is 4.07. The van der Waals surface area contributed by atoms with Gasteiger partial charge in [0.2, 0.25) is 0 Å². The number of para-hydroxylation sites is 1. The van der Waals surface area contributed by atoms with Crippen molar-refractivity contribution in [1.82, 2.24) is 4.90 Å². The number of benzene rings is 1. The number of hydrogen-bond donors (Lipinski definition) is 0. The highest BCUT2D eigenvalue weighted by Gasteiger charge is 2.32. The first-order valence-corrected chi connectivity index (χ1v) is 9.29. The molecule has 0 N–H and O–H groups in total. The molecule has 3 rings (SSSR count). The molecule has 0 radical (unpaired) electrons. The molecule has 1 aromatic carbocycles. The molecule has 0 aromatic heterocycles. The van der Waals surface area contributed by atoms with E-state index in [-0.39, 0.29) is 12.5 Å². The summed E-state index contributed by atoms with van der Waals surface area (Å²) in [5, 5.41) is -0.484. The van der Waals surface area contributed by atoms with E-state index < -0.39 is 15.1 Å². The molecular weight excluding hydrogens is 306 g/mol. The summed E-state index contributed by atoms with van der Waals surface area (Å²) in [6.07, 6.45) is 2.53. The number of amides is 1. The minimum absolute atomic E-state index is 0.198. The Morgan fingerprint density at radius 2 is 2.05 bits per heavy atom. The van der Waals surface area contributed by atoms with E-state index >= 15 is 0 Å². The molecule has 1 amide bonds. The Labute approximate surface area is 129 Å². The molecule has 0 spiro atoms. The summed E-state index contributed by atoms with van der Waals surface area (Å²) in [6, 6.07) is 5.21. The minimum atomic E-state index is -3.14. The Bertz CT molecular complexity index is 685. The van der Waals surface area contributed by atoms with Crippen molar-refractivity contribution in [2.24, 2.45) is 0 Å². The second-order valence-electron chi connectivity index (χ2n) is 5.67. The summed E-state index contributed by atoms with van der Waals surface area (Å²) in [7, 11) is -3.14. The molecule has 2 aliphatic heterocycles. The van der Waals surface area contributed by atoms with Crippen LogP contribution >= 0.6 is 0 Å². The molecule has 1 unspecified atom stereocenters. The maximum Gasteiger partial charge on any atom is 0.257 e. The minimum Gasteiger partial charge on any atom is -0.486 e. The van der Waals surface area contributed by atoms with Crippen molar-refractivity contribution in [3.63, 3.8) is 0 Å². The van der Waals surface area contributed by atoms with Crippen LogP contribution in [-0.4, -0.2) is 57.0 Å². The van der Waals surface area contributed by atoms with Gasteiger partial charge in [-0.15, -0.1) is 0 Å². The van der Waals surface area contributed by atoms with E-state index in [1.54, 1.807) is 23.1 Å². The highest BCUT2D eigenvalue weighted by atomic mass is 32.2. The zero-order valence-corrected chi connectivity index (χ0v) is 13.3. The second kappa shape index (κ2) is 5.79. The quantitative estimate of drug-likeness (QED) is 0.814. The number of carbonyl (C=O) groups is 1. The van der Waals surface area contributed by atoms with Crippen LogP contribution in [0.2, 0.25) is 0 Å². The van der Waals surface area contributed by atoms with Crippen molar-refractivity contribution < 1.29 is 22.7 Å². The van der Waals surface area contributed by atoms with Crippen molar-refractivity contribution >= 4 is 15.7 Å². The van der Waals surface area contributed by atoms with Gasteiger partial charge in [0.25, 0.3) is 5.91 Å². The topological polar surface area (TPSA) is 72.9 Å². The van der Waals surface area contributed by atoms with Crippen molar-refractivity contribution in [2.45, 2.75) is 18.1 Å². The molecule has 6 nitrogen and oxygen atoms in total. The van der Waals surface area contributed by atoms with Crippen LogP contribution < -0.4 is 9.47 Å². The number of rotatable bonds is 2. The number of ether oxygens (including phenoxy) is 2. The Morgan fingerprint density at radius 3 is 2.82 bits per heavy atom. The van der Waals surface area contributed by atoms with E-state index in [2.05, 4.69) is 0 Å². The molecule has 1 saturated heterocycles. The maximum absolute atomic E-state index is 12.7. The smallest absolute Gasteiger partial charge is 0.257 e. The van der Waals surface area contributed by atoms with Gasteiger partial charge in [-0.2, -0.15) is 0 Å². The average molecular weight is 325 g/mol. The molecule has 2 heterocycles. The van der Waals surface area contributed by atoms with Gasteiger partial charge in [0.05, 0.1) is 10.8 Å². The van der Waals surface area contributed by atoms with E-state index in [4.69, 9.17) is 9.47 Å². The van der Waals surface area contributed by atoms with Gasteiger partial charge in [0.15, 0.2) is 21.3 Å². The van der Waals surface area contributed by atoms with Gasteiger partial charge in [-0.3, -0.25) is 4.79 Å². The van der Waals surface area contributed by atoms with E-state index in [0.717, 1.165) is 0 Å². The predicted octanol–water partition coefficient (Wildman–Crippen LogP) is 1.11. The second-order valence-corrected chi connectivity index (χ2v) is 8.00. The number of hydrogen-bond acceptors (Lipinski definition) is 5. The first-order valence-electron chi connectivity index (χ1n) is 7.33. The molecule has 22 heavy (non-hydrogen) atoms. The van der Waals surface area contributed by atoms with Crippen LogP contribution in [0.5, 0.6) is 11.5 Å². The van der Waals surface area contributed by atoms with Crippen LogP contribution in [0.4, 0.5) is 0 Å². The van der Waals surface area contributed by atoms with E-state index in [1.165, 1.54) is 6.26 Å². The SMILES string of the molecule is CS(=O)(=O)C1CCCN(C(=O)c2cccc3c2OCCO3)C1. The molecule has 1 aromatic rings. The first kappa shape index (κ1) is 15.1. The molecule has 0 saturated carbocycles. The number of sulfone groups is 1. The number of likely N-dealkylation sites (tertiary alicyclic amines) is 1. The van der Waals surface area contributed by atoms with Crippen molar-refractivity contribution in [3.05, 3.63) is 23.8 Å². The van der Waals surface area contributed by atoms with E-state index in [1.807, 2.05) is 0 Å². The van der Waals surface area contributed by atoms with Crippen LogP contribution in [0.25, 0.3) is 0 Å². The standard InChI is InChI=1S/C15H19NO5S/c1-22(18,19)11-4-3-7-16(10-11)15(17)12-5-2-6-13-14(12)21-9-8-20-13/h2,5-6,11H,3-4,7-10H2,1H3. The monoisotopic (exact) mass is 325 g/mol. The van der Waals surface area contributed by atoms with Gasteiger partial charge in [-0.05, 0) is 25.0 Å². The van der Waals surface area contributed by atoms with Crippen molar-refractivity contribution in [2.75, 3.05) is 32.6 Å². The highest BCUT2D eigenvalue weighted by Crippen LogP contribution is 2.34. The summed E-state index contributed by atoms with van der Waals surface area (Å²) >= 11 is 0. The third-order valence-corrected chi connectivity index (χ3v) is 5.66. The van der Waals surface area contributed by atoms with Gasteiger partial charge in [0, 0.05) is 19.3 Å². The number of nitrogens with zero attached hydrogens (tertiary/aromatic N) is 1. The molecule has 2 aliphatic rings. The van der Waals surface area contributed by atoms with Gasteiger partial charge in [-0.25, -0.2) is 8.42 Å². The lowest BCUT2D eigenvalue weighted by molar-refractivity contribution is 0.0716. The number of carbonyl (C=O) groups excluding carboxylic acids is 1. The average Bonchev–Trinajstić information content (AvgIpc) is 2.53. The number of fused-ring (bicyclic) bond motifs is 1. The highest BCUT2D eigenvalue weighted by molar-refractivity contribution is 7.91. The zero-order valence-electron chi connectivity index (χ0n) is 12.4. The fourth-order valence-corrected chi connectivity index (χ4v) is 3.93. The molecule has 0 aliphatic carbocycles. The molecule has 0 bridgehead atoms. The summed E-state index contributed by atoms with van der Waals surface area (Å²) in [6.45, 7) is 1.67. The van der Waals surface area contributed by atoms with Gasteiger partial charge < -0.3 is 14.4 Å². The van der Waals surface area contributed by atoms with Crippen molar-refractivity contribution in [1.29, 1.82) is 0 Å². The maximum atomic E-state index is 12.7. The molecule has 120 valence electrons. The Hall–Kier alpha value is -1.76. The third kappa shape index (κ3) is 2.90. The van der Waals surface area contributed by atoms with E-state index in [0.29, 0.717) is 49.7 Å². The first-order chi connectivity index (χ1) is 10.5. The normalized spacial score (nSPS) is 21.5. The van der Waals surface area contributed by atoms with Gasteiger partial charge in [0.1, 0.15) is 13.2 Å². The zero-order chi connectivity index (χ0) is 15.7. The Kier molecular flexibility index (Phi) is 3.99. The molecule has 1 fully saturated rings. The van der Waals surface area contributed by atoms with Crippen LogP contribution in [0.15, 0.2) is 18.2 Å². The Morgan fingerprint density at radius 1 is 1.27 bits per heavy atom. The predicted molar refractivity (Wildman–Crippen MR) is 81.2 cm³/mol. The lowest BCUT2D eigenvalue weighted by atomic mass is 10.1.